The second-order valence-corrected chi connectivity index (χ2v) is 7.20. The van der Waals surface area contributed by atoms with Crippen molar-refractivity contribution in [3.05, 3.63) is 11.7 Å². The molecule has 1 unspecified atom stereocenters. The maximum atomic E-state index is 5.97. The lowest BCUT2D eigenvalue weighted by Gasteiger charge is -2.24. The number of nitrogens with zero attached hydrogens (tertiary/aromatic N) is 3. The average Bonchev–Trinajstić information content (AvgIpc) is 3.31. The van der Waals surface area contributed by atoms with Crippen LogP contribution in [0.2, 0.25) is 0 Å². The lowest BCUT2D eigenvalue weighted by Crippen LogP contribution is -2.40. The summed E-state index contributed by atoms with van der Waals surface area (Å²) in [5.74, 6) is 3.23. The molecule has 1 aliphatic rings. The summed E-state index contributed by atoms with van der Waals surface area (Å²) in [6.45, 7) is 8.55. The highest BCUT2D eigenvalue weighted by Crippen LogP contribution is 2.30. The van der Waals surface area contributed by atoms with Gasteiger partial charge in [0.25, 0.3) is 0 Å². The van der Waals surface area contributed by atoms with Crippen molar-refractivity contribution in [2.24, 2.45) is 10.9 Å². The van der Waals surface area contributed by atoms with Crippen LogP contribution in [0.4, 0.5) is 0 Å². The first-order valence-corrected chi connectivity index (χ1v) is 10.0. The first-order valence-electron chi connectivity index (χ1n) is 10.0. The lowest BCUT2D eigenvalue weighted by atomic mass is 9.98. The predicted octanol–water partition coefficient (Wildman–Crippen LogP) is 2.89. The highest BCUT2D eigenvalue weighted by atomic mass is 16.5. The van der Waals surface area contributed by atoms with Gasteiger partial charge in [-0.15, -0.1) is 0 Å². The fourth-order valence-electron chi connectivity index (χ4n) is 3.44. The van der Waals surface area contributed by atoms with Gasteiger partial charge in [-0.1, -0.05) is 31.8 Å². The van der Waals surface area contributed by atoms with Crippen LogP contribution in [0.1, 0.15) is 70.5 Å². The minimum Gasteiger partial charge on any atom is -0.378 e. The van der Waals surface area contributed by atoms with Gasteiger partial charge in [0.2, 0.25) is 5.89 Å². The molecule has 1 aromatic rings. The van der Waals surface area contributed by atoms with Crippen molar-refractivity contribution in [1.29, 1.82) is 0 Å². The molecule has 0 aromatic carbocycles. The summed E-state index contributed by atoms with van der Waals surface area (Å²) in [5, 5.41) is 10.7. The summed E-state index contributed by atoms with van der Waals surface area (Å²) in [7, 11) is 1.79. The van der Waals surface area contributed by atoms with Crippen molar-refractivity contribution >= 4 is 5.96 Å². The molecule has 26 heavy (non-hydrogen) atoms. The number of ether oxygens (including phenoxy) is 1. The van der Waals surface area contributed by atoms with E-state index in [0.717, 1.165) is 37.3 Å². The Balaban J connectivity index is 1.67. The molecule has 1 fully saturated rings. The number of rotatable bonds is 10. The maximum Gasteiger partial charge on any atom is 0.228 e. The van der Waals surface area contributed by atoms with E-state index in [1.54, 1.807) is 7.05 Å². The Kier molecular flexibility index (Phi) is 8.88. The van der Waals surface area contributed by atoms with E-state index in [4.69, 9.17) is 9.26 Å². The molecule has 0 amide bonds. The Morgan fingerprint density at radius 3 is 2.62 bits per heavy atom. The molecule has 7 heteroatoms. The molecule has 0 aliphatic heterocycles. The van der Waals surface area contributed by atoms with Gasteiger partial charge < -0.3 is 19.9 Å². The van der Waals surface area contributed by atoms with Gasteiger partial charge in [-0.2, -0.15) is 4.98 Å². The number of guanidine groups is 1. The summed E-state index contributed by atoms with van der Waals surface area (Å²) in [6.07, 6.45) is 7.37. The Morgan fingerprint density at radius 2 is 2.00 bits per heavy atom. The third-order valence-electron chi connectivity index (χ3n) is 4.88. The van der Waals surface area contributed by atoms with E-state index in [0.29, 0.717) is 25.0 Å². The monoisotopic (exact) mass is 365 g/mol. The van der Waals surface area contributed by atoms with Gasteiger partial charge in [-0.05, 0) is 32.1 Å². The van der Waals surface area contributed by atoms with Crippen molar-refractivity contribution < 1.29 is 9.26 Å². The van der Waals surface area contributed by atoms with E-state index in [9.17, 15) is 0 Å². The van der Waals surface area contributed by atoms with Crippen LogP contribution >= 0.6 is 0 Å². The molecule has 1 aliphatic carbocycles. The van der Waals surface area contributed by atoms with Crippen LogP contribution in [0, 0.1) is 5.92 Å². The van der Waals surface area contributed by atoms with Crippen LogP contribution < -0.4 is 10.6 Å². The summed E-state index contributed by atoms with van der Waals surface area (Å²) in [6, 6.07) is 0. The molecule has 1 aromatic heterocycles. The zero-order valence-electron chi connectivity index (χ0n) is 16.8. The predicted molar refractivity (Wildman–Crippen MR) is 103 cm³/mol. The summed E-state index contributed by atoms with van der Waals surface area (Å²) >= 11 is 0. The molecule has 7 nitrogen and oxygen atoms in total. The molecule has 0 radical (unpaired) electrons. The minimum atomic E-state index is 0.285. The Labute approximate surface area is 157 Å². The second-order valence-electron chi connectivity index (χ2n) is 7.20. The number of aromatic nitrogens is 2. The summed E-state index contributed by atoms with van der Waals surface area (Å²) in [4.78, 5) is 8.67. The first kappa shape index (κ1) is 20.7. The van der Waals surface area contributed by atoms with E-state index < -0.39 is 0 Å². The van der Waals surface area contributed by atoms with E-state index >= 15 is 0 Å². The smallest absolute Gasteiger partial charge is 0.228 e. The Morgan fingerprint density at radius 1 is 1.27 bits per heavy atom. The van der Waals surface area contributed by atoms with Gasteiger partial charge >= 0.3 is 0 Å². The fourth-order valence-corrected chi connectivity index (χ4v) is 3.44. The lowest BCUT2D eigenvalue weighted by molar-refractivity contribution is 0.0169. The van der Waals surface area contributed by atoms with Crippen LogP contribution in [0.25, 0.3) is 0 Å². The highest BCUT2D eigenvalue weighted by molar-refractivity contribution is 5.79. The SMILES string of the molecule is CCOC(CCNC(=NC)NCCc1nc(C(C)C)no1)C1CCCC1. The van der Waals surface area contributed by atoms with E-state index in [1.165, 1.54) is 25.7 Å². The molecule has 2 N–H and O–H groups in total. The van der Waals surface area contributed by atoms with Crippen LogP contribution in [0.3, 0.4) is 0 Å². The minimum absolute atomic E-state index is 0.285. The maximum absolute atomic E-state index is 5.97. The molecular weight excluding hydrogens is 330 g/mol. The van der Waals surface area contributed by atoms with E-state index in [-0.39, 0.29) is 5.92 Å². The van der Waals surface area contributed by atoms with Crippen LogP contribution in [-0.2, 0) is 11.2 Å². The average molecular weight is 366 g/mol. The van der Waals surface area contributed by atoms with Crippen LogP contribution in [0.5, 0.6) is 0 Å². The third-order valence-corrected chi connectivity index (χ3v) is 4.88. The first-order chi connectivity index (χ1) is 12.6. The number of aliphatic imine (C=N–C) groups is 1. The molecule has 0 bridgehead atoms. The molecule has 1 heterocycles. The largest absolute Gasteiger partial charge is 0.378 e. The summed E-state index contributed by atoms with van der Waals surface area (Å²) in [5.41, 5.74) is 0. The number of hydrogen-bond acceptors (Lipinski definition) is 5. The second kappa shape index (κ2) is 11.2. The number of nitrogens with one attached hydrogen (secondary N) is 2. The molecule has 1 saturated carbocycles. The van der Waals surface area contributed by atoms with E-state index in [2.05, 4.69) is 46.5 Å². The molecule has 0 saturated heterocycles. The van der Waals surface area contributed by atoms with Gasteiger partial charge in [0.05, 0.1) is 6.10 Å². The van der Waals surface area contributed by atoms with Gasteiger partial charge in [0, 0.05) is 39.1 Å². The van der Waals surface area contributed by atoms with Crippen molar-refractivity contribution in [2.45, 2.75) is 71.3 Å². The highest BCUT2D eigenvalue weighted by Gasteiger charge is 2.25. The molecule has 1 atom stereocenters. The van der Waals surface area contributed by atoms with Crippen molar-refractivity contribution in [2.75, 3.05) is 26.7 Å². The van der Waals surface area contributed by atoms with Gasteiger partial charge in [0.15, 0.2) is 11.8 Å². The van der Waals surface area contributed by atoms with Crippen molar-refractivity contribution in [1.82, 2.24) is 20.8 Å². The quantitative estimate of drug-likeness (QED) is 0.490. The molecule has 2 rings (SSSR count). The van der Waals surface area contributed by atoms with E-state index in [1.807, 2.05) is 0 Å². The molecular formula is C19H35N5O2. The third kappa shape index (κ3) is 6.59. The Hall–Kier alpha value is -1.63. The zero-order chi connectivity index (χ0) is 18.8. The van der Waals surface area contributed by atoms with Gasteiger partial charge in [0.1, 0.15) is 0 Å². The zero-order valence-corrected chi connectivity index (χ0v) is 16.8. The van der Waals surface area contributed by atoms with Crippen molar-refractivity contribution in [3.63, 3.8) is 0 Å². The standard InChI is InChI=1S/C19H35N5O2/c1-5-25-16(15-8-6-7-9-15)10-12-21-19(20-4)22-13-11-17-23-18(14(2)3)24-26-17/h14-16H,5-13H2,1-4H3,(H2,20,21,22). The summed E-state index contributed by atoms with van der Waals surface area (Å²) < 4.78 is 11.2. The molecule has 148 valence electrons. The fraction of sp³-hybridized carbons (Fsp3) is 0.842. The van der Waals surface area contributed by atoms with Gasteiger partial charge in [-0.25, -0.2) is 0 Å². The van der Waals surface area contributed by atoms with Crippen LogP contribution in [0.15, 0.2) is 9.52 Å². The molecule has 0 spiro atoms. The van der Waals surface area contributed by atoms with Gasteiger partial charge in [-0.3, -0.25) is 4.99 Å². The van der Waals surface area contributed by atoms with Crippen LogP contribution in [-0.4, -0.2) is 48.9 Å². The Bertz CT molecular complexity index is 538. The topological polar surface area (TPSA) is 84.6 Å². The number of hydrogen-bond donors (Lipinski definition) is 2. The normalized spacial score (nSPS) is 17.0. The van der Waals surface area contributed by atoms with Crippen molar-refractivity contribution in [3.8, 4) is 0 Å².